The van der Waals surface area contributed by atoms with Crippen molar-refractivity contribution in [3.63, 3.8) is 0 Å². The molecule has 2 atom stereocenters. The van der Waals surface area contributed by atoms with Crippen LogP contribution in [0.1, 0.15) is 42.3 Å². The number of nitriles is 1. The number of rotatable bonds is 18. The topological polar surface area (TPSA) is 220 Å². The van der Waals surface area contributed by atoms with Gasteiger partial charge in [-0.25, -0.2) is 4.79 Å². The minimum Gasteiger partial charge on any atom is -0.503 e. The van der Waals surface area contributed by atoms with Gasteiger partial charge in [0.15, 0.2) is 17.6 Å². The summed E-state index contributed by atoms with van der Waals surface area (Å²) >= 11 is 0. The summed E-state index contributed by atoms with van der Waals surface area (Å²) < 4.78 is 11.5. The first kappa shape index (κ1) is 41.7. The van der Waals surface area contributed by atoms with Gasteiger partial charge in [0.1, 0.15) is 0 Å². The van der Waals surface area contributed by atoms with Gasteiger partial charge in [-0.2, -0.15) is 5.26 Å². The number of carbonyl (C=O) groups excluding carboxylic acids is 2. The molecule has 0 aliphatic heterocycles. The number of ether oxygens (including phenoxy) is 2. The monoisotopic (exact) mass is 783 g/mol. The predicted molar refractivity (Wildman–Crippen MR) is 226 cm³/mol. The molecule has 9 N–H and O–H groups in total. The zero-order valence-electron chi connectivity index (χ0n) is 32.4. The Morgan fingerprint density at radius 3 is 1.91 bits per heavy atom. The molecular weight excluding hydrogens is 739 g/mol. The Balaban J connectivity index is 1.22. The number of phenols is 1. The van der Waals surface area contributed by atoms with E-state index in [2.05, 4.69) is 32.7 Å². The molecule has 14 nitrogen and oxygen atoms in total. The van der Waals surface area contributed by atoms with Gasteiger partial charge in [0.05, 0.1) is 40.7 Å². The maximum absolute atomic E-state index is 12.8. The maximum Gasteiger partial charge on any atom is 0.335 e. The zero-order chi connectivity index (χ0) is 41.8. The lowest BCUT2D eigenvalue weighted by Crippen LogP contribution is -2.48. The molecule has 58 heavy (non-hydrogen) atoms. The lowest BCUT2D eigenvalue weighted by atomic mass is 10.1. The number of amides is 2. The Morgan fingerprint density at radius 1 is 0.793 bits per heavy atom. The summed E-state index contributed by atoms with van der Waals surface area (Å²) in [7, 11) is 1.41. The summed E-state index contributed by atoms with van der Waals surface area (Å²) in [6, 6.07) is 32.4. The third-order valence-corrected chi connectivity index (χ3v) is 8.76. The van der Waals surface area contributed by atoms with Crippen LogP contribution in [-0.2, 0) is 14.3 Å². The molecular formula is C44H45N7O7. The highest BCUT2D eigenvalue weighted by Crippen LogP contribution is 2.43. The first-order chi connectivity index (χ1) is 27.8. The number of aromatic carboxylic acids is 1. The summed E-state index contributed by atoms with van der Waals surface area (Å²) in [4.78, 5) is 36.4. The fourth-order valence-corrected chi connectivity index (χ4v) is 5.81. The number of phenolic OH excluding ortho intramolecular Hbond substituents is 1. The Kier molecular flexibility index (Phi) is 13.9. The van der Waals surface area contributed by atoms with Crippen molar-refractivity contribution >= 4 is 63.7 Å². The van der Waals surface area contributed by atoms with Gasteiger partial charge in [-0.15, -0.1) is 0 Å². The van der Waals surface area contributed by atoms with Gasteiger partial charge in [-0.05, 0) is 129 Å². The molecule has 0 aromatic heterocycles. The van der Waals surface area contributed by atoms with E-state index >= 15 is 0 Å². The lowest BCUT2D eigenvalue weighted by molar-refractivity contribution is -0.128. The van der Waals surface area contributed by atoms with Gasteiger partial charge in [0.25, 0.3) is 5.91 Å². The van der Waals surface area contributed by atoms with Crippen molar-refractivity contribution < 1.29 is 34.1 Å². The Bertz CT molecular complexity index is 2290. The number of hydrogen-bond donors (Lipinski definition) is 8. The molecule has 0 heterocycles. The van der Waals surface area contributed by atoms with E-state index in [-0.39, 0.29) is 35.6 Å². The highest BCUT2D eigenvalue weighted by molar-refractivity contribution is 6.06. The van der Waals surface area contributed by atoms with Crippen LogP contribution in [0.3, 0.4) is 0 Å². The van der Waals surface area contributed by atoms with Gasteiger partial charge in [-0.1, -0.05) is 12.1 Å². The highest BCUT2D eigenvalue weighted by Gasteiger charge is 2.26. The van der Waals surface area contributed by atoms with Crippen molar-refractivity contribution in [2.75, 3.05) is 40.2 Å². The minimum absolute atomic E-state index is 0.122. The number of hydrogen-bond acceptors (Lipinski definition) is 11. The van der Waals surface area contributed by atoms with Crippen molar-refractivity contribution in [2.45, 2.75) is 39.0 Å². The van der Waals surface area contributed by atoms with Crippen molar-refractivity contribution in [1.29, 1.82) is 5.26 Å². The van der Waals surface area contributed by atoms with Crippen molar-refractivity contribution in [1.82, 2.24) is 0 Å². The molecule has 0 fully saturated rings. The summed E-state index contributed by atoms with van der Waals surface area (Å²) in [5.41, 5.74) is 11.8. The van der Waals surface area contributed by atoms with E-state index in [1.54, 1.807) is 85.8 Å². The van der Waals surface area contributed by atoms with E-state index in [1.165, 1.54) is 19.2 Å². The van der Waals surface area contributed by atoms with E-state index < -0.39 is 24.0 Å². The van der Waals surface area contributed by atoms with Crippen LogP contribution in [0.15, 0.2) is 115 Å². The standard InChI is InChI=1S/C44H45N7O7/c1-26(2)58-40-37(22-21-36(39(40)52)48-32-11-9-30(10-12-32)44(55)56)49-33-15-13-31(14-16-33)47-25-38(41(57-4)42(46)53)50-34-17-19-35(20-18-34)51-43(54)27(3)23-28-5-7-29(24-45)8-6-28/h5-23,26,38,41,47-50,52H,25H2,1-4H3,(H2,46,53)(H,51,54)(H,55,56)/b27-23+/t38-,41+/m0/s1. The summed E-state index contributed by atoms with van der Waals surface area (Å²) in [5.74, 6) is -1.84. The molecule has 0 unspecified atom stereocenters. The molecule has 0 saturated carbocycles. The Morgan fingerprint density at radius 2 is 1.34 bits per heavy atom. The number of carbonyl (C=O) groups is 3. The number of carboxylic acid groups (broad SMARTS) is 1. The zero-order valence-corrected chi connectivity index (χ0v) is 32.4. The van der Waals surface area contributed by atoms with Crippen LogP contribution in [-0.4, -0.2) is 59.9 Å². The second-order valence-corrected chi connectivity index (χ2v) is 13.5. The first-order valence-electron chi connectivity index (χ1n) is 18.3. The van der Waals surface area contributed by atoms with Crippen molar-refractivity contribution in [3.05, 3.63) is 131 Å². The smallest absolute Gasteiger partial charge is 0.335 e. The third-order valence-electron chi connectivity index (χ3n) is 8.76. The molecule has 2 amide bonds. The van der Waals surface area contributed by atoms with Crippen molar-refractivity contribution in [3.8, 4) is 17.6 Å². The number of methoxy groups -OCH3 is 1. The molecule has 14 heteroatoms. The summed E-state index contributed by atoms with van der Waals surface area (Å²) in [6.45, 7) is 5.65. The van der Waals surface area contributed by atoms with Crippen LogP contribution >= 0.6 is 0 Å². The first-order valence-corrected chi connectivity index (χ1v) is 18.3. The number of nitrogens with two attached hydrogens (primary N) is 1. The van der Waals surface area contributed by atoms with Gasteiger partial charge in [-0.3, -0.25) is 9.59 Å². The van der Waals surface area contributed by atoms with E-state index in [9.17, 15) is 24.6 Å². The SMILES string of the molecule is CO[C@@H](C(N)=O)[C@H](CNc1ccc(Nc2ccc(Nc3ccc(C(=O)O)cc3)c(O)c2OC(C)C)cc1)Nc1ccc(NC(=O)/C(C)=C/c2ccc(C#N)cc2)cc1. The predicted octanol–water partition coefficient (Wildman–Crippen LogP) is 7.67. The fraction of sp³-hybridized carbons (Fsp3) is 0.182. The number of primary amides is 1. The number of carboxylic acids is 1. The lowest BCUT2D eigenvalue weighted by Gasteiger charge is -2.26. The largest absolute Gasteiger partial charge is 0.503 e. The number of nitrogens with zero attached hydrogens (tertiary/aromatic N) is 1. The van der Waals surface area contributed by atoms with Gasteiger partial charge >= 0.3 is 5.97 Å². The third kappa shape index (κ3) is 11.3. The Hall–Kier alpha value is -7.50. The number of benzene rings is 5. The second kappa shape index (κ2) is 19.4. The molecule has 0 bridgehead atoms. The van der Waals surface area contributed by atoms with Gasteiger partial charge in [0, 0.05) is 47.7 Å². The van der Waals surface area contributed by atoms with Crippen LogP contribution in [0.2, 0.25) is 0 Å². The molecule has 5 rings (SSSR count). The average molecular weight is 784 g/mol. The van der Waals surface area contributed by atoms with E-state index in [1.807, 2.05) is 38.1 Å². The molecule has 0 aliphatic rings. The molecule has 0 saturated heterocycles. The van der Waals surface area contributed by atoms with Crippen LogP contribution in [0.5, 0.6) is 11.5 Å². The number of anilines is 7. The molecule has 298 valence electrons. The van der Waals surface area contributed by atoms with Crippen LogP contribution in [0.4, 0.5) is 39.8 Å². The summed E-state index contributed by atoms with van der Waals surface area (Å²) in [5, 5.41) is 45.3. The van der Waals surface area contributed by atoms with E-state index in [4.69, 9.17) is 20.5 Å². The molecule has 0 radical (unpaired) electrons. The van der Waals surface area contributed by atoms with Crippen LogP contribution in [0, 0.1) is 11.3 Å². The normalized spacial score (nSPS) is 12.1. The summed E-state index contributed by atoms with van der Waals surface area (Å²) in [6.07, 6.45) is 0.509. The minimum atomic E-state index is -1.03. The molecule has 0 aliphatic carbocycles. The number of aromatic hydroxyl groups is 1. The fourth-order valence-electron chi connectivity index (χ4n) is 5.81. The molecule has 5 aromatic rings. The van der Waals surface area contributed by atoms with E-state index in [0.717, 1.165) is 11.3 Å². The quantitative estimate of drug-likeness (QED) is 0.0317. The van der Waals surface area contributed by atoms with Crippen molar-refractivity contribution in [2.24, 2.45) is 5.73 Å². The van der Waals surface area contributed by atoms with Gasteiger partial charge in [0.2, 0.25) is 5.91 Å². The molecule has 5 aromatic carbocycles. The van der Waals surface area contributed by atoms with Crippen LogP contribution < -0.4 is 37.1 Å². The van der Waals surface area contributed by atoms with Crippen LogP contribution in [0.25, 0.3) is 6.08 Å². The highest BCUT2D eigenvalue weighted by atomic mass is 16.5. The average Bonchev–Trinajstić information content (AvgIpc) is 3.21. The number of nitrogens with one attached hydrogen (secondary N) is 5. The molecule has 0 spiro atoms. The van der Waals surface area contributed by atoms with Gasteiger partial charge < -0.3 is 52.0 Å². The second-order valence-electron chi connectivity index (χ2n) is 13.5. The maximum atomic E-state index is 12.8. The Labute approximate surface area is 336 Å². The van der Waals surface area contributed by atoms with E-state index in [0.29, 0.717) is 45.3 Å².